The van der Waals surface area contributed by atoms with Crippen molar-refractivity contribution in [3.05, 3.63) is 81.9 Å². The minimum Gasteiger partial charge on any atom is -0.353 e. The van der Waals surface area contributed by atoms with E-state index in [4.69, 9.17) is 23.2 Å². The van der Waals surface area contributed by atoms with Crippen LogP contribution in [0.25, 0.3) is 0 Å². The number of hydrogen-bond donors (Lipinski definition) is 1. The van der Waals surface area contributed by atoms with Crippen molar-refractivity contribution in [2.24, 2.45) is 11.8 Å². The smallest absolute Gasteiger partial charge is 0.227 e. The molecular weight excluding hydrogens is 353 g/mol. The van der Waals surface area contributed by atoms with Crippen LogP contribution in [0.3, 0.4) is 0 Å². The second kappa shape index (κ2) is 6.51. The average molecular weight is 372 g/mol. The van der Waals surface area contributed by atoms with Crippen LogP contribution < -0.4 is 5.32 Å². The minimum atomic E-state index is -0.0702. The summed E-state index contributed by atoms with van der Waals surface area (Å²) in [6.45, 7) is 2.10. The number of halogens is 2. The van der Waals surface area contributed by atoms with Gasteiger partial charge in [-0.2, -0.15) is 0 Å². The fraction of sp³-hybridized carbons (Fsp3) is 0.286. The summed E-state index contributed by atoms with van der Waals surface area (Å²) in [7, 11) is 0. The third-order valence-corrected chi connectivity index (χ3v) is 6.01. The van der Waals surface area contributed by atoms with Crippen molar-refractivity contribution in [1.29, 1.82) is 0 Å². The molecule has 0 saturated carbocycles. The number of benzene rings is 2. The number of nitrogens with one attached hydrogen (secondary N) is 1. The van der Waals surface area contributed by atoms with Crippen molar-refractivity contribution in [1.82, 2.24) is 5.32 Å². The standard InChI is InChI=1S/C21H19Cl2NO/c1-12-19-18(21(25)24-12)11-10-17(13-2-6-15(22)7-3-13)20(19)14-4-8-16(23)9-5-14/h2-12,17-20H,1H3,(H,24,25)/t12-,17-,18-,19-,20+/m1/s1. The topological polar surface area (TPSA) is 29.1 Å². The molecule has 4 heteroatoms. The fourth-order valence-electron chi connectivity index (χ4n) is 4.37. The third kappa shape index (κ3) is 2.98. The lowest BCUT2D eigenvalue weighted by Gasteiger charge is -2.37. The number of allylic oxidation sites excluding steroid dienone is 1. The number of carbonyl (C=O) groups excluding carboxylic acids is 1. The molecule has 1 amide bonds. The lowest BCUT2D eigenvalue weighted by molar-refractivity contribution is -0.121. The van der Waals surface area contributed by atoms with E-state index in [1.807, 2.05) is 24.3 Å². The van der Waals surface area contributed by atoms with E-state index in [9.17, 15) is 4.79 Å². The summed E-state index contributed by atoms with van der Waals surface area (Å²) in [6.07, 6.45) is 4.26. The Hall–Kier alpha value is -1.77. The van der Waals surface area contributed by atoms with Gasteiger partial charge in [0.15, 0.2) is 0 Å². The molecule has 2 aromatic rings. The quantitative estimate of drug-likeness (QED) is 0.723. The summed E-state index contributed by atoms with van der Waals surface area (Å²) in [5.41, 5.74) is 2.43. The van der Waals surface area contributed by atoms with Crippen molar-refractivity contribution < 1.29 is 4.79 Å². The normalized spacial score (nSPS) is 30.8. The zero-order valence-electron chi connectivity index (χ0n) is 13.8. The molecule has 1 saturated heterocycles. The van der Waals surface area contributed by atoms with Crippen molar-refractivity contribution in [2.45, 2.75) is 24.8 Å². The van der Waals surface area contributed by atoms with Crippen LogP contribution in [0.1, 0.15) is 29.9 Å². The average Bonchev–Trinajstić information content (AvgIpc) is 2.90. The Labute approximate surface area is 157 Å². The van der Waals surface area contributed by atoms with Gasteiger partial charge in [-0.1, -0.05) is 59.6 Å². The van der Waals surface area contributed by atoms with Crippen LogP contribution in [0.2, 0.25) is 10.0 Å². The molecule has 128 valence electrons. The van der Waals surface area contributed by atoms with Crippen LogP contribution in [0, 0.1) is 11.8 Å². The van der Waals surface area contributed by atoms with E-state index >= 15 is 0 Å². The van der Waals surface area contributed by atoms with Crippen LogP contribution in [0.5, 0.6) is 0 Å². The second-order valence-electron chi connectivity index (χ2n) is 6.94. The number of hydrogen-bond acceptors (Lipinski definition) is 1. The Morgan fingerprint density at radius 1 is 0.800 bits per heavy atom. The van der Waals surface area contributed by atoms with Crippen molar-refractivity contribution in [3.63, 3.8) is 0 Å². The summed E-state index contributed by atoms with van der Waals surface area (Å²) < 4.78 is 0. The number of fused-ring (bicyclic) bond motifs is 1. The van der Waals surface area contributed by atoms with Crippen LogP contribution in [0.4, 0.5) is 0 Å². The van der Waals surface area contributed by atoms with Crippen LogP contribution in [0.15, 0.2) is 60.7 Å². The monoisotopic (exact) mass is 371 g/mol. The lowest BCUT2D eigenvalue weighted by Crippen LogP contribution is -2.33. The highest BCUT2D eigenvalue weighted by Gasteiger charge is 2.48. The molecule has 0 aromatic heterocycles. The summed E-state index contributed by atoms with van der Waals surface area (Å²) in [4.78, 5) is 12.3. The van der Waals surface area contributed by atoms with Crippen molar-refractivity contribution in [3.8, 4) is 0 Å². The first-order valence-corrected chi connectivity index (χ1v) is 9.30. The largest absolute Gasteiger partial charge is 0.353 e. The molecule has 0 unspecified atom stereocenters. The molecule has 4 rings (SSSR count). The second-order valence-corrected chi connectivity index (χ2v) is 7.81. The maximum absolute atomic E-state index is 12.3. The Balaban J connectivity index is 1.82. The number of carbonyl (C=O) groups is 1. The summed E-state index contributed by atoms with van der Waals surface area (Å²) >= 11 is 12.2. The van der Waals surface area contributed by atoms with E-state index < -0.39 is 0 Å². The third-order valence-electron chi connectivity index (χ3n) is 5.50. The molecule has 2 aromatic carbocycles. The Morgan fingerprint density at radius 3 is 1.92 bits per heavy atom. The van der Waals surface area contributed by atoms with E-state index in [1.165, 1.54) is 11.1 Å². The van der Waals surface area contributed by atoms with Gasteiger partial charge in [0, 0.05) is 33.8 Å². The predicted octanol–water partition coefficient (Wildman–Crippen LogP) is 5.18. The summed E-state index contributed by atoms with van der Waals surface area (Å²) in [6, 6.07) is 16.2. The SMILES string of the molecule is C[C@H]1NC(=O)[C@@H]2C=C[C@H](c3ccc(Cl)cc3)[C@H](c3ccc(Cl)cc3)[C@H]12. The molecule has 1 heterocycles. The molecular formula is C21H19Cl2NO. The molecule has 1 N–H and O–H groups in total. The predicted molar refractivity (Wildman–Crippen MR) is 102 cm³/mol. The van der Waals surface area contributed by atoms with Crippen molar-refractivity contribution in [2.75, 3.05) is 0 Å². The van der Waals surface area contributed by atoms with E-state index in [2.05, 4.69) is 48.7 Å². The van der Waals surface area contributed by atoms with Gasteiger partial charge in [0.05, 0.1) is 5.92 Å². The van der Waals surface area contributed by atoms with Gasteiger partial charge in [0.2, 0.25) is 5.91 Å². The molecule has 2 nitrogen and oxygen atoms in total. The highest BCUT2D eigenvalue weighted by molar-refractivity contribution is 6.30. The molecule has 25 heavy (non-hydrogen) atoms. The molecule has 0 bridgehead atoms. The van der Waals surface area contributed by atoms with E-state index in [-0.39, 0.29) is 35.6 Å². The maximum atomic E-state index is 12.3. The van der Waals surface area contributed by atoms with Gasteiger partial charge >= 0.3 is 0 Å². The summed E-state index contributed by atoms with van der Waals surface area (Å²) in [5, 5.41) is 4.57. The van der Waals surface area contributed by atoms with Gasteiger partial charge < -0.3 is 5.32 Å². The Morgan fingerprint density at radius 2 is 1.32 bits per heavy atom. The zero-order valence-corrected chi connectivity index (χ0v) is 15.3. The highest BCUT2D eigenvalue weighted by atomic mass is 35.5. The molecule has 2 aliphatic rings. The molecule has 1 aliphatic carbocycles. The molecule has 0 radical (unpaired) electrons. The molecule has 1 fully saturated rings. The first-order chi connectivity index (χ1) is 12.0. The number of rotatable bonds is 2. The van der Waals surface area contributed by atoms with Crippen LogP contribution in [-0.2, 0) is 4.79 Å². The number of amides is 1. The van der Waals surface area contributed by atoms with E-state index in [1.54, 1.807) is 0 Å². The van der Waals surface area contributed by atoms with Crippen LogP contribution in [-0.4, -0.2) is 11.9 Å². The molecule has 5 atom stereocenters. The lowest BCUT2D eigenvalue weighted by atomic mass is 9.65. The van der Waals surface area contributed by atoms with Gasteiger partial charge in [-0.05, 0) is 42.3 Å². The highest BCUT2D eigenvalue weighted by Crippen LogP contribution is 2.49. The van der Waals surface area contributed by atoms with Gasteiger partial charge in [-0.15, -0.1) is 0 Å². The first kappa shape index (κ1) is 16.7. The van der Waals surface area contributed by atoms with Gasteiger partial charge in [-0.25, -0.2) is 0 Å². The van der Waals surface area contributed by atoms with Crippen LogP contribution >= 0.6 is 23.2 Å². The maximum Gasteiger partial charge on any atom is 0.227 e. The summed E-state index contributed by atoms with van der Waals surface area (Å²) in [5.74, 6) is 0.693. The van der Waals surface area contributed by atoms with Gasteiger partial charge in [-0.3, -0.25) is 4.79 Å². The van der Waals surface area contributed by atoms with Crippen molar-refractivity contribution >= 4 is 29.1 Å². The molecule has 0 spiro atoms. The first-order valence-electron chi connectivity index (χ1n) is 8.54. The zero-order chi connectivity index (χ0) is 17.6. The Bertz CT molecular complexity index is 813. The van der Waals surface area contributed by atoms with E-state index in [0.717, 1.165) is 10.0 Å². The molecule has 1 aliphatic heterocycles. The van der Waals surface area contributed by atoms with E-state index in [0.29, 0.717) is 0 Å². The fourth-order valence-corrected chi connectivity index (χ4v) is 4.62. The minimum absolute atomic E-state index is 0.0702. The van der Waals surface area contributed by atoms with Gasteiger partial charge in [0.25, 0.3) is 0 Å². The Kier molecular flexibility index (Phi) is 4.35. The van der Waals surface area contributed by atoms with Gasteiger partial charge in [0.1, 0.15) is 0 Å².